The largest absolute Gasteiger partial charge is 0.493 e. The molecule has 0 aliphatic rings. The minimum Gasteiger partial charge on any atom is -0.493 e. The van der Waals surface area contributed by atoms with Gasteiger partial charge in [0.2, 0.25) is 5.91 Å². The molecule has 0 aliphatic carbocycles. The van der Waals surface area contributed by atoms with Gasteiger partial charge in [-0.2, -0.15) is 0 Å². The minimum absolute atomic E-state index is 0.203. The molecule has 0 aromatic heterocycles. The number of halogens is 2. The lowest BCUT2D eigenvalue weighted by Gasteiger charge is -2.12. The van der Waals surface area contributed by atoms with Crippen molar-refractivity contribution in [3.63, 3.8) is 0 Å². The van der Waals surface area contributed by atoms with E-state index in [9.17, 15) is 4.79 Å². The summed E-state index contributed by atoms with van der Waals surface area (Å²) in [6.07, 6.45) is 6.59. The number of rotatable bonds is 9. The number of aryl methyl sites for hydroxylation is 1. The van der Waals surface area contributed by atoms with Crippen molar-refractivity contribution in [3.8, 4) is 11.5 Å². The van der Waals surface area contributed by atoms with Gasteiger partial charge in [0.25, 0.3) is 0 Å². The SMILES string of the molecule is CCCCc1ccc(NC(=O)/C=C/c2cc(Br)c(OCC)c(OC)c2)c(Br)c1. The number of hydrogen-bond donors (Lipinski definition) is 1. The van der Waals surface area contributed by atoms with Crippen LogP contribution in [0.3, 0.4) is 0 Å². The molecule has 0 fully saturated rings. The lowest BCUT2D eigenvalue weighted by Crippen LogP contribution is -2.08. The molecule has 0 aliphatic heterocycles. The number of ether oxygens (including phenoxy) is 2. The summed E-state index contributed by atoms with van der Waals surface area (Å²) in [4.78, 5) is 12.3. The minimum atomic E-state index is -0.203. The van der Waals surface area contributed by atoms with Gasteiger partial charge in [0, 0.05) is 10.5 Å². The van der Waals surface area contributed by atoms with E-state index in [1.165, 1.54) is 11.6 Å². The predicted molar refractivity (Wildman–Crippen MR) is 122 cm³/mol. The van der Waals surface area contributed by atoms with E-state index in [2.05, 4.69) is 50.2 Å². The fourth-order valence-corrected chi connectivity index (χ4v) is 3.76. The van der Waals surface area contributed by atoms with Crippen LogP contribution in [-0.2, 0) is 11.2 Å². The molecule has 0 heterocycles. The molecule has 4 nitrogen and oxygen atoms in total. The molecule has 0 unspecified atom stereocenters. The van der Waals surface area contributed by atoms with Crippen LogP contribution in [0, 0.1) is 0 Å². The second-order valence-corrected chi connectivity index (χ2v) is 7.92. The van der Waals surface area contributed by atoms with Crippen LogP contribution in [0.25, 0.3) is 6.08 Å². The number of hydrogen-bond acceptors (Lipinski definition) is 3. The average Bonchev–Trinajstić information content (AvgIpc) is 2.68. The molecular weight excluding hydrogens is 486 g/mol. The van der Waals surface area contributed by atoms with Gasteiger partial charge >= 0.3 is 0 Å². The van der Waals surface area contributed by atoms with Gasteiger partial charge < -0.3 is 14.8 Å². The quantitative estimate of drug-likeness (QED) is 0.386. The van der Waals surface area contributed by atoms with Crippen LogP contribution in [0.2, 0.25) is 0 Å². The molecule has 1 N–H and O–H groups in total. The van der Waals surface area contributed by atoms with Crippen molar-refractivity contribution in [1.82, 2.24) is 0 Å². The number of benzene rings is 2. The highest BCUT2D eigenvalue weighted by Crippen LogP contribution is 2.37. The monoisotopic (exact) mass is 509 g/mol. The second-order valence-electron chi connectivity index (χ2n) is 6.21. The maximum Gasteiger partial charge on any atom is 0.248 e. The first-order valence-corrected chi connectivity index (χ1v) is 10.8. The summed E-state index contributed by atoms with van der Waals surface area (Å²) < 4.78 is 12.6. The fourth-order valence-electron chi connectivity index (χ4n) is 2.66. The van der Waals surface area contributed by atoms with E-state index in [4.69, 9.17) is 9.47 Å². The predicted octanol–water partition coefficient (Wildman–Crippen LogP) is 6.61. The Balaban J connectivity index is 2.08. The number of carbonyl (C=O) groups excluding carboxylic acids is 1. The van der Waals surface area contributed by atoms with E-state index < -0.39 is 0 Å². The molecule has 0 spiro atoms. The molecule has 150 valence electrons. The van der Waals surface area contributed by atoms with Crippen LogP contribution in [0.5, 0.6) is 11.5 Å². The van der Waals surface area contributed by atoms with E-state index in [0.717, 1.165) is 39.5 Å². The normalized spacial score (nSPS) is 10.9. The molecule has 6 heteroatoms. The zero-order valence-corrected chi connectivity index (χ0v) is 19.5. The van der Waals surface area contributed by atoms with E-state index in [1.54, 1.807) is 13.2 Å². The molecular formula is C22H25Br2NO3. The number of methoxy groups -OCH3 is 1. The Labute approximate surface area is 183 Å². The molecule has 0 atom stereocenters. The highest BCUT2D eigenvalue weighted by atomic mass is 79.9. The Kier molecular flexibility index (Phi) is 9.06. The maximum atomic E-state index is 12.3. The number of unbranched alkanes of at least 4 members (excludes halogenated alkanes) is 1. The van der Waals surface area contributed by atoms with Crippen LogP contribution in [-0.4, -0.2) is 19.6 Å². The molecule has 0 saturated heterocycles. The number of nitrogens with one attached hydrogen (secondary N) is 1. The Bertz CT molecular complexity index is 850. The first-order chi connectivity index (χ1) is 13.5. The van der Waals surface area contributed by atoms with Gasteiger partial charge in [-0.25, -0.2) is 0 Å². The van der Waals surface area contributed by atoms with Crippen LogP contribution >= 0.6 is 31.9 Å². The fraction of sp³-hybridized carbons (Fsp3) is 0.318. The molecule has 2 rings (SSSR count). The van der Waals surface area contributed by atoms with Gasteiger partial charge in [-0.15, -0.1) is 0 Å². The van der Waals surface area contributed by atoms with Gasteiger partial charge in [-0.3, -0.25) is 4.79 Å². The zero-order valence-electron chi connectivity index (χ0n) is 16.4. The van der Waals surface area contributed by atoms with Gasteiger partial charge in [0.15, 0.2) is 11.5 Å². The van der Waals surface area contributed by atoms with Crippen LogP contribution < -0.4 is 14.8 Å². The number of amides is 1. The highest BCUT2D eigenvalue weighted by molar-refractivity contribution is 9.11. The van der Waals surface area contributed by atoms with E-state index >= 15 is 0 Å². The molecule has 0 saturated carbocycles. The van der Waals surface area contributed by atoms with Crippen molar-refractivity contribution in [3.05, 3.63) is 56.5 Å². The first-order valence-electron chi connectivity index (χ1n) is 9.26. The zero-order chi connectivity index (χ0) is 20.5. The molecule has 1 amide bonds. The van der Waals surface area contributed by atoms with Crippen LogP contribution in [0.1, 0.15) is 37.8 Å². The topological polar surface area (TPSA) is 47.6 Å². The Hall–Kier alpha value is -1.79. The maximum absolute atomic E-state index is 12.3. The summed E-state index contributed by atoms with van der Waals surface area (Å²) >= 11 is 7.03. The van der Waals surface area contributed by atoms with Crippen LogP contribution in [0.15, 0.2) is 45.4 Å². The summed E-state index contributed by atoms with van der Waals surface area (Å²) in [6, 6.07) is 9.75. The smallest absolute Gasteiger partial charge is 0.248 e. The van der Waals surface area contributed by atoms with Crippen molar-refractivity contribution in [2.45, 2.75) is 33.1 Å². The third-order valence-corrected chi connectivity index (χ3v) is 5.32. The average molecular weight is 511 g/mol. The van der Waals surface area contributed by atoms with Gasteiger partial charge in [-0.1, -0.05) is 19.4 Å². The van der Waals surface area contributed by atoms with Gasteiger partial charge in [0.05, 0.1) is 23.9 Å². The standard InChI is InChI=1S/C22H25Br2NO3/c1-4-6-7-15-8-10-19(17(23)12-15)25-21(26)11-9-16-13-18(24)22(28-5-2)20(14-16)27-3/h8-14H,4-7H2,1-3H3,(H,25,26)/b11-9+. The lowest BCUT2D eigenvalue weighted by molar-refractivity contribution is -0.111. The lowest BCUT2D eigenvalue weighted by atomic mass is 10.1. The van der Waals surface area contributed by atoms with Crippen molar-refractivity contribution in [1.29, 1.82) is 0 Å². The van der Waals surface area contributed by atoms with E-state index in [0.29, 0.717) is 18.1 Å². The third kappa shape index (κ3) is 6.38. The van der Waals surface area contributed by atoms with E-state index in [1.807, 2.05) is 31.2 Å². The summed E-state index contributed by atoms with van der Waals surface area (Å²) in [5, 5.41) is 2.90. The second kappa shape index (κ2) is 11.3. The van der Waals surface area contributed by atoms with Crippen molar-refractivity contribution < 1.29 is 14.3 Å². The van der Waals surface area contributed by atoms with Crippen molar-refractivity contribution >= 4 is 49.5 Å². The summed E-state index contributed by atoms with van der Waals surface area (Å²) in [5.74, 6) is 1.06. The van der Waals surface area contributed by atoms with Crippen LogP contribution in [0.4, 0.5) is 5.69 Å². The van der Waals surface area contributed by atoms with Gasteiger partial charge in [-0.05, 0) is 93.1 Å². The Morgan fingerprint density at radius 2 is 1.93 bits per heavy atom. The number of carbonyl (C=O) groups is 1. The highest BCUT2D eigenvalue weighted by Gasteiger charge is 2.10. The summed E-state index contributed by atoms with van der Waals surface area (Å²) in [5.41, 5.74) is 2.84. The van der Waals surface area contributed by atoms with Crippen molar-refractivity contribution in [2.24, 2.45) is 0 Å². The molecule has 0 bridgehead atoms. The molecule has 2 aromatic rings. The van der Waals surface area contributed by atoms with Crippen molar-refractivity contribution in [2.75, 3.05) is 19.0 Å². The number of anilines is 1. The van der Waals surface area contributed by atoms with Gasteiger partial charge in [0.1, 0.15) is 0 Å². The third-order valence-electron chi connectivity index (χ3n) is 4.08. The molecule has 2 aromatic carbocycles. The Morgan fingerprint density at radius 1 is 1.14 bits per heavy atom. The summed E-state index contributed by atoms with van der Waals surface area (Å²) in [7, 11) is 1.59. The van der Waals surface area contributed by atoms with E-state index in [-0.39, 0.29) is 5.91 Å². The first kappa shape index (κ1) is 22.5. The summed E-state index contributed by atoms with van der Waals surface area (Å²) in [6.45, 7) is 4.63. The molecule has 28 heavy (non-hydrogen) atoms. The Morgan fingerprint density at radius 3 is 2.57 bits per heavy atom. The molecule has 0 radical (unpaired) electrons.